The number of pyridine rings is 1. The Hall–Kier alpha value is -1.98. The van der Waals surface area contributed by atoms with Gasteiger partial charge in [-0.05, 0) is 30.3 Å². The first-order chi connectivity index (χ1) is 10.3. The lowest BCUT2D eigenvalue weighted by molar-refractivity contribution is 1.36. The summed E-state index contributed by atoms with van der Waals surface area (Å²) in [6, 6.07) is 14.3. The van der Waals surface area contributed by atoms with Gasteiger partial charge in [0.2, 0.25) is 0 Å². The second-order valence-electron chi connectivity index (χ2n) is 4.66. The van der Waals surface area contributed by atoms with E-state index in [1.54, 1.807) is 11.3 Å². The number of benzene rings is 2. The van der Waals surface area contributed by atoms with E-state index in [0.717, 1.165) is 31.6 Å². The molecular weight excluding hydrogens is 346 g/mol. The van der Waals surface area contributed by atoms with E-state index in [-0.39, 0.29) is 0 Å². The molecule has 3 nitrogen and oxygen atoms in total. The maximum atomic E-state index is 4.64. The number of fused-ring (bicyclic) bond motifs is 2. The molecule has 0 amide bonds. The van der Waals surface area contributed by atoms with Crippen molar-refractivity contribution in [2.75, 3.05) is 5.32 Å². The molecule has 0 aliphatic carbocycles. The number of nitrogens with zero attached hydrogens (tertiary/aromatic N) is 2. The molecule has 0 fully saturated rings. The third-order valence-corrected chi connectivity index (χ3v) is 4.72. The number of hydrogen-bond donors (Lipinski definition) is 1. The van der Waals surface area contributed by atoms with Gasteiger partial charge in [-0.15, -0.1) is 0 Å². The topological polar surface area (TPSA) is 37.8 Å². The summed E-state index contributed by atoms with van der Waals surface area (Å²) >= 11 is 5.13. The molecule has 0 unspecified atom stereocenters. The Morgan fingerprint density at radius 1 is 1.10 bits per heavy atom. The van der Waals surface area contributed by atoms with Crippen molar-refractivity contribution in [2.45, 2.75) is 0 Å². The molecule has 2 heterocycles. The molecule has 0 aliphatic rings. The molecule has 0 spiro atoms. The number of rotatable bonds is 2. The second-order valence-corrected chi connectivity index (χ2v) is 6.60. The highest BCUT2D eigenvalue weighted by Crippen LogP contribution is 2.32. The zero-order chi connectivity index (χ0) is 14.2. The number of halogens is 1. The van der Waals surface area contributed by atoms with Gasteiger partial charge in [0.15, 0.2) is 5.13 Å². The fourth-order valence-electron chi connectivity index (χ4n) is 2.30. The Bertz CT molecular complexity index is 943. The van der Waals surface area contributed by atoms with Gasteiger partial charge in [-0.3, -0.25) is 4.98 Å². The zero-order valence-corrected chi connectivity index (χ0v) is 13.3. The summed E-state index contributed by atoms with van der Waals surface area (Å²) in [7, 11) is 0. The Balaban J connectivity index is 1.79. The van der Waals surface area contributed by atoms with Crippen molar-refractivity contribution >= 4 is 59.1 Å². The Morgan fingerprint density at radius 2 is 2.05 bits per heavy atom. The lowest BCUT2D eigenvalue weighted by Gasteiger charge is -2.06. The maximum Gasteiger partial charge on any atom is 0.188 e. The average Bonchev–Trinajstić information content (AvgIpc) is 2.89. The van der Waals surface area contributed by atoms with Gasteiger partial charge in [-0.25, -0.2) is 4.98 Å². The summed E-state index contributed by atoms with van der Waals surface area (Å²) in [6.07, 6.45) is 3.68. The van der Waals surface area contributed by atoms with Crippen molar-refractivity contribution in [1.29, 1.82) is 0 Å². The van der Waals surface area contributed by atoms with Crippen LogP contribution in [0.25, 0.3) is 21.0 Å². The van der Waals surface area contributed by atoms with Crippen LogP contribution in [0.15, 0.2) is 59.3 Å². The molecule has 2 aromatic carbocycles. The third-order valence-electron chi connectivity index (χ3n) is 3.27. The largest absolute Gasteiger partial charge is 0.331 e. The van der Waals surface area contributed by atoms with Crippen LogP contribution in [-0.2, 0) is 0 Å². The molecule has 0 aliphatic heterocycles. The Labute approximate surface area is 133 Å². The summed E-state index contributed by atoms with van der Waals surface area (Å²) in [5, 5.41) is 6.58. The van der Waals surface area contributed by atoms with E-state index in [1.807, 2.05) is 36.7 Å². The smallest absolute Gasteiger partial charge is 0.188 e. The second kappa shape index (κ2) is 5.09. The number of nitrogens with one attached hydrogen (secondary N) is 1. The van der Waals surface area contributed by atoms with E-state index < -0.39 is 0 Å². The van der Waals surface area contributed by atoms with Gasteiger partial charge in [0.25, 0.3) is 0 Å². The fraction of sp³-hybridized carbons (Fsp3) is 0. The van der Waals surface area contributed by atoms with Gasteiger partial charge >= 0.3 is 0 Å². The van der Waals surface area contributed by atoms with Crippen LogP contribution in [0.1, 0.15) is 0 Å². The fourth-order valence-corrected chi connectivity index (χ4v) is 3.51. The van der Waals surface area contributed by atoms with E-state index in [2.05, 4.69) is 49.4 Å². The lowest BCUT2D eigenvalue weighted by atomic mass is 10.1. The highest BCUT2D eigenvalue weighted by Gasteiger charge is 2.06. The van der Waals surface area contributed by atoms with Crippen molar-refractivity contribution in [3.8, 4) is 0 Å². The number of thiazole rings is 1. The van der Waals surface area contributed by atoms with Crippen LogP contribution in [0.5, 0.6) is 0 Å². The summed E-state index contributed by atoms with van der Waals surface area (Å²) in [6.45, 7) is 0. The average molecular weight is 356 g/mol. The van der Waals surface area contributed by atoms with Gasteiger partial charge in [-0.1, -0.05) is 39.4 Å². The van der Waals surface area contributed by atoms with Crippen LogP contribution in [0.3, 0.4) is 0 Å². The molecule has 102 valence electrons. The highest BCUT2D eigenvalue weighted by atomic mass is 79.9. The lowest BCUT2D eigenvalue weighted by Crippen LogP contribution is -1.90. The third kappa shape index (κ3) is 2.39. The molecule has 2 aromatic heterocycles. The SMILES string of the molecule is Brc1ccc2sc(Nc3cccc4cnccc34)nc2c1. The van der Waals surface area contributed by atoms with Crippen molar-refractivity contribution in [3.05, 3.63) is 59.3 Å². The minimum Gasteiger partial charge on any atom is -0.331 e. The first-order valence-corrected chi connectivity index (χ1v) is 8.06. The van der Waals surface area contributed by atoms with Crippen LogP contribution >= 0.6 is 27.3 Å². The van der Waals surface area contributed by atoms with Crippen molar-refractivity contribution in [3.63, 3.8) is 0 Å². The normalized spacial score (nSPS) is 11.1. The van der Waals surface area contributed by atoms with Crippen molar-refractivity contribution < 1.29 is 0 Å². The van der Waals surface area contributed by atoms with Gasteiger partial charge in [0.1, 0.15) is 0 Å². The van der Waals surface area contributed by atoms with Crippen LogP contribution in [-0.4, -0.2) is 9.97 Å². The minimum absolute atomic E-state index is 0.896. The molecule has 0 radical (unpaired) electrons. The standard InChI is InChI=1S/C16H10BrN3S/c17-11-4-5-15-14(8-11)20-16(21-15)19-13-3-1-2-10-9-18-7-6-12(10)13/h1-9H,(H,19,20). The van der Waals surface area contributed by atoms with E-state index >= 15 is 0 Å². The zero-order valence-electron chi connectivity index (χ0n) is 10.9. The Kier molecular flexibility index (Phi) is 3.09. The summed E-state index contributed by atoms with van der Waals surface area (Å²) in [4.78, 5) is 8.80. The van der Waals surface area contributed by atoms with E-state index in [9.17, 15) is 0 Å². The van der Waals surface area contributed by atoms with Crippen LogP contribution in [0, 0.1) is 0 Å². The predicted molar refractivity (Wildman–Crippen MR) is 92.3 cm³/mol. The minimum atomic E-state index is 0.896. The molecule has 1 N–H and O–H groups in total. The monoisotopic (exact) mass is 355 g/mol. The molecule has 0 bridgehead atoms. The van der Waals surface area contributed by atoms with E-state index in [4.69, 9.17) is 0 Å². The van der Waals surface area contributed by atoms with Crippen molar-refractivity contribution in [1.82, 2.24) is 9.97 Å². The number of anilines is 2. The van der Waals surface area contributed by atoms with Crippen LogP contribution in [0.4, 0.5) is 10.8 Å². The first-order valence-electron chi connectivity index (χ1n) is 6.45. The molecular formula is C16H10BrN3S. The number of aromatic nitrogens is 2. The number of hydrogen-bond acceptors (Lipinski definition) is 4. The maximum absolute atomic E-state index is 4.64. The van der Waals surface area contributed by atoms with Gasteiger partial charge in [0.05, 0.1) is 10.2 Å². The molecule has 4 rings (SSSR count). The summed E-state index contributed by atoms with van der Waals surface area (Å²) in [5.74, 6) is 0. The molecule has 4 aromatic rings. The molecule has 0 atom stereocenters. The van der Waals surface area contributed by atoms with Gasteiger partial charge < -0.3 is 5.32 Å². The molecule has 5 heteroatoms. The summed E-state index contributed by atoms with van der Waals surface area (Å²) < 4.78 is 2.21. The Morgan fingerprint density at radius 3 is 3.00 bits per heavy atom. The molecule has 21 heavy (non-hydrogen) atoms. The van der Waals surface area contributed by atoms with Crippen molar-refractivity contribution in [2.24, 2.45) is 0 Å². The molecule has 0 saturated heterocycles. The van der Waals surface area contributed by atoms with Crippen LogP contribution < -0.4 is 5.32 Å². The summed E-state index contributed by atoms with van der Waals surface area (Å²) in [5.41, 5.74) is 2.05. The quantitative estimate of drug-likeness (QED) is 0.526. The van der Waals surface area contributed by atoms with E-state index in [0.29, 0.717) is 0 Å². The highest BCUT2D eigenvalue weighted by molar-refractivity contribution is 9.10. The van der Waals surface area contributed by atoms with Gasteiger partial charge in [-0.2, -0.15) is 0 Å². The van der Waals surface area contributed by atoms with Gasteiger partial charge in [0, 0.05) is 33.3 Å². The first kappa shape index (κ1) is 12.7. The van der Waals surface area contributed by atoms with Crippen LogP contribution in [0.2, 0.25) is 0 Å². The van der Waals surface area contributed by atoms with E-state index in [1.165, 1.54) is 4.70 Å². The predicted octanol–water partition coefficient (Wildman–Crippen LogP) is 5.35. The molecule has 0 saturated carbocycles.